The Hall–Kier alpha value is -2.44. The molecule has 0 aliphatic carbocycles. The van der Waals surface area contributed by atoms with E-state index in [0.29, 0.717) is 0 Å². The quantitative estimate of drug-likeness (QED) is 0.456. The first kappa shape index (κ1) is 11.1. The van der Waals surface area contributed by atoms with Crippen LogP contribution in [0.2, 0.25) is 0 Å². The van der Waals surface area contributed by atoms with E-state index in [-0.39, 0.29) is 16.9 Å². The predicted octanol–water partition coefficient (Wildman–Crippen LogP) is 2.33. The first-order valence-electron chi connectivity index (χ1n) is 4.50. The number of nitro groups is 1. The van der Waals surface area contributed by atoms with Crippen LogP contribution in [0.5, 0.6) is 0 Å². The summed E-state index contributed by atoms with van der Waals surface area (Å²) in [4.78, 5) is 16.5. The van der Waals surface area contributed by atoms with E-state index in [1.807, 2.05) is 0 Å². The van der Waals surface area contributed by atoms with Crippen LogP contribution in [0.15, 0.2) is 30.5 Å². The molecule has 0 aliphatic heterocycles. The Balaban J connectivity index is 2.43. The van der Waals surface area contributed by atoms with Crippen LogP contribution in [-0.2, 0) is 0 Å². The van der Waals surface area contributed by atoms with Crippen LogP contribution in [0.25, 0.3) is 11.3 Å². The average Bonchev–Trinajstić information content (AvgIpc) is 2.28. The molecule has 2 aromatic heterocycles. The Labute approximate surface area is 93.9 Å². The van der Waals surface area contributed by atoms with Crippen LogP contribution in [-0.4, -0.2) is 14.9 Å². The predicted molar refractivity (Wildman–Crippen MR) is 54.0 cm³/mol. The number of pyridine rings is 2. The van der Waals surface area contributed by atoms with Crippen molar-refractivity contribution in [2.45, 2.75) is 0 Å². The normalized spacial score (nSPS) is 10.2. The van der Waals surface area contributed by atoms with Gasteiger partial charge >= 0.3 is 0 Å². The van der Waals surface area contributed by atoms with Gasteiger partial charge in [-0.05, 0) is 6.07 Å². The minimum atomic E-state index is -0.972. The molecule has 0 spiro atoms. The third-order valence-corrected chi connectivity index (χ3v) is 2.02. The van der Waals surface area contributed by atoms with Gasteiger partial charge in [0.15, 0.2) is 0 Å². The molecule has 2 aromatic rings. The van der Waals surface area contributed by atoms with Gasteiger partial charge in [0.05, 0.1) is 10.6 Å². The van der Waals surface area contributed by atoms with Crippen LogP contribution < -0.4 is 0 Å². The molecule has 0 fully saturated rings. The summed E-state index contributed by atoms with van der Waals surface area (Å²) in [5.41, 5.74) is 0.212. The van der Waals surface area contributed by atoms with Crippen molar-refractivity contribution >= 4 is 5.69 Å². The highest BCUT2D eigenvalue weighted by Gasteiger charge is 2.09. The SMILES string of the molecule is O=[N+]([O-])c1ccc(-c2cc(F)nc(F)c2)nc1. The van der Waals surface area contributed by atoms with Gasteiger partial charge in [-0.15, -0.1) is 0 Å². The first-order chi connectivity index (χ1) is 8.06. The van der Waals surface area contributed by atoms with Crippen LogP contribution in [0.4, 0.5) is 14.5 Å². The maximum Gasteiger partial charge on any atom is 0.287 e. The highest BCUT2D eigenvalue weighted by molar-refractivity contribution is 5.59. The topological polar surface area (TPSA) is 68.9 Å². The summed E-state index contributed by atoms with van der Waals surface area (Å²) in [7, 11) is 0. The number of hydrogen-bond acceptors (Lipinski definition) is 4. The van der Waals surface area contributed by atoms with E-state index in [1.165, 1.54) is 12.1 Å². The second-order valence-corrected chi connectivity index (χ2v) is 3.16. The zero-order valence-electron chi connectivity index (χ0n) is 8.30. The van der Waals surface area contributed by atoms with Gasteiger partial charge in [0.1, 0.15) is 6.20 Å². The van der Waals surface area contributed by atoms with Gasteiger partial charge in [0, 0.05) is 23.8 Å². The molecule has 86 valence electrons. The van der Waals surface area contributed by atoms with Crippen LogP contribution in [0.3, 0.4) is 0 Å². The van der Waals surface area contributed by atoms with Gasteiger partial charge in [0.25, 0.3) is 5.69 Å². The molecule has 0 radical (unpaired) electrons. The summed E-state index contributed by atoms with van der Waals surface area (Å²) >= 11 is 0. The molecule has 7 heteroatoms. The molecule has 0 bridgehead atoms. The third-order valence-electron chi connectivity index (χ3n) is 2.02. The molecule has 17 heavy (non-hydrogen) atoms. The van der Waals surface area contributed by atoms with Gasteiger partial charge in [-0.25, -0.2) is 4.98 Å². The number of halogens is 2. The fourth-order valence-corrected chi connectivity index (χ4v) is 1.28. The van der Waals surface area contributed by atoms with Crippen molar-refractivity contribution in [3.05, 3.63) is 52.5 Å². The smallest absolute Gasteiger partial charge is 0.258 e. The molecular formula is C10H5F2N3O2. The molecule has 5 nitrogen and oxygen atoms in total. The zero-order chi connectivity index (χ0) is 12.4. The lowest BCUT2D eigenvalue weighted by Crippen LogP contribution is -1.93. The molecule has 0 aromatic carbocycles. The largest absolute Gasteiger partial charge is 0.287 e. The summed E-state index contributed by atoms with van der Waals surface area (Å²) in [5, 5.41) is 10.4. The van der Waals surface area contributed by atoms with Crippen molar-refractivity contribution in [2.75, 3.05) is 0 Å². The van der Waals surface area contributed by atoms with Crippen molar-refractivity contribution in [3.63, 3.8) is 0 Å². The number of aromatic nitrogens is 2. The van der Waals surface area contributed by atoms with Crippen LogP contribution in [0, 0.1) is 22.0 Å². The summed E-state index contributed by atoms with van der Waals surface area (Å²) in [6.45, 7) is 0. The molecule has 0 unspecified atom stereocenters. The fraction of sp³-hybridized carbons (Fsp3) is 0. The molecule has 0 amide bonds. The van der Waals surface area contributed by atoms with Crippen LogP contribution in [0.1, 0.15) is 0 Å². The highest BCUT2D eigenvalue weighted by atomic mass is 19.1. The van der Waals surface area contributed by atoms with E-state index < -0.39 is 16.8 Å². The van der Waals surface area contributed by atoms with Crippen molar-refractivity contribution < 1.29 is 13.7 Å². The van der Waals surface area contributed by atoms with E-state index in [2.05, 4.69) is 9.97 Å². The van der Waals surface area contributed by atoms with E-state index in [1.54, 1.807) is 0 Å². The maximum absolute atomic E-state index is 12.8. The Morgan fingerprint density at radius 3 is 2.29 bits per heavy atom. The zero-order valence-corrected chi connectivity index (χ0v) is 8.30. The summed E-state index contributed by atoms with van der Waals surface area (Å²) in [6, 6.07) is 4.51. The number of hydrogen-bond donors (Lipinski definition) is 0. The molecular weight excluding hydrogens is 232 g/mol. The molecule has 0 atom stereocenters. The van der Waals surface area contributed by atoms with Gasteiger partial charge in [-0.3, -0.25) is 10.1 Å². The first-order valence-corrected chi connectivity index (χ1v) is 4.50. The van der Waals surface area contributed by atoms with Crippen LogP contribution >= 0.6 is 0 Å². The molecule has 0 saturated carbocycles. The van der Waals surface area contributed by atoms with Crippen molar-refractivity contribution in [1.29, 1.82) is 0 Å². The van der Waals surface area contributed by atoms with E-state index in [9.17, 15) is 18.9 Å². The minimum Gasteiger partial charge on any atom is -0.258 e. The van der Waals surface area contributed by atoms with Gasteiger partial charge < -0.3 is 0 Å². The minimum absolute atomic E-state index is 0.171. The highest BCUT2D eigenvalue weighted by Crippen LogP contribution is 2.20. The lowest BCUT2D eigenvalue weighted by molar-refractivity contribution is -0.385. The van der Waals surface area contributed by atoms with E-state index >= 15 is 0 Å². The van der Waals surface area contributed by atoms with E-state index in [4.69, 9.17) is 0 Å². The Morgan fingerprint density at radius 1 is 1.18 bits per heavy atom. The lowest BCUT2D eigenvalue weighted by atomic mass is 10.2. The monoisotopic (exact) mass is 237 g/mol. The van der Waals surface area contributed by atoms with Gasteiger partial charge in [-0.1, -0.05) is 0 Å². The van der Waals surface area contributed by atoms with Crippen molar-refractivity contribution in [1.82, 2.24) is 9.97 Å². The number of rotatable bonds is 2. The summed E-state index contributed by atoms with van der Waals surface area (Å²) in [6.07, 6.45) is 1.02. The Kier molecular flexibility index (Phi) is 2.73. The van der Waals surface area contributed by atoms with Gasteiger partial charge in [-0.2, -0.15) is 13.8 Å². The van der Waals surface area contributed by atoms with Crippen molar-refractivity contribution in [3.8, 4) is 11.3 Å². The maximum atomic E-state index is 12.8. The second-order valence-electron chi connectivity index (χ2n) is 3.16. The van der Waals surface area contributed by atoms with Gasteiger partial charge in [0.2, 0.25) is 11.9 Å². The summed E-state index contributed by atoms with van der Waals surface area (Å²) < 4.78 is 25.7. The Bertz CT molecular complexity index is 552. The average molecular weight is 237 g/mol. The molecule has 2 rings (SSSR count). The summed E-state index contributed by atoms with van der Waals surface area (Å²) in [5.74, 6) is -1.94. The van der Waals surface area contributed by atoms with E-state index in [0.717, 1.165) is 18.3 Å². The lowest BCUT2D eigenvalue weighted by Gasteiger charge is -2.00. The molecule has 2 heterocycles. The molecule has 0 N–H and O–H groups in total. The molecule has 0 saturated heterocycles. The Morgan fingerprint density at radius 2 is 1.82 bits per heavy atom. The molecule has 0 aliphatic rings. The number of nitrogens with zero attached hydrogens (tertiary/aromatic N) is 3. The third kappa shape index (κ3) is 2.39. The fourth-order valence-electron chi connectivity index (χ4n) is 1.28. The standard InChI is InChI=1S/C10H5F2N3O2/c11-9-3-6(4-10(12)14-9)8-2-1-7(5-13-8)15(16)17/h1-5H. The van der Waals surface area contributed by atoms with Crippen molar-refractivity contribution in [2.24, 2.45) is 0 Å². The second kappa shape index (κ2) is 4.20.